The van der Waals surface area contributed by atoms with Gasteiger partial charge in [-0.05, 0) is 12.0 Å². The summed E-state index contributed by atoms with van der Waals surface area (Å²) < 4.78 is 26.2. The van der Waals surface area contributed by atoms with Crippen LogP contribution in [0.2, 0.25) is 0 Å². The Hall–Kier alpha value is -1.49. The number of carbonyl (C=O) groups excluding carboxylic acids is 1. The van der Waals surface area contributed by atoms with Crippen LogP contribution < -0.4 is 5.32 Å². The fraction of sp³-hybridized carbons (Fsp3) is 0.462. The lowest BCUT2D eigenvalue weighted by atomic mass is 10.1. The Labute approximate surface area is 105 Å². The Balaban J connectivity index is 2.52. The van der Waals surface area contributed by atoms with Crippen molar-refractivity contribution >= 4 is 5.91 Å². The molecule has 0 aliphatic carbocycles. The second kappa shape index (κ2) is 6.44. The van der Waals surface area contributed by atoms with E-state index in [2.05, 4.69) is 5.32 Å². The fourth-order valence-corrected chi connectivity index (χ4v) is 1.37. The first-order valence-corrected chi connectivity index (χ1v) is 5.79. The van der Waals surface area contributed by atoms with E-state index in [0.717, 1.165) is 6.07 Å². The summed E-state index contributed by atoms with van der Waals surface area (Å²) in [6, 6.07) is 3.71. The minimum Gasteiger partial charge on any atom is -0.391 e. The van der Waals surface area contributed by atoms with Gasteiger partial charge in [-0.3, -0.25) is 4.79 Å². The van der Waals surface area contributed by atoms with Crippen LogP contribution in [0.25, 0.3) is 0 Å². The van der Waals surface area contributed by atoms with Crippen molar-refractivity contribution in [2.45, 2.75) is 26.4 Å². The number of halogens is 2. The molecule has 1 atom stereocenters. The number of hydrogen-bond acceptors (Lipinski definition) is 2. The zero-order chi connectivity index (χ0) is 13.7. The minimum absolute atomic E-state index is 0.00605. The molecule has 1 amide bonds. The van der Waals surface area contributed by atoms with Gasteiger partial charge in [0.25, 0.3) is 0 Å². The largest absolute Gasteiger partial charge is 0.391 e. The molecule has 0 spiro atoms. The van der Waals surface area contributed by atoms with Gasteiger partial charge in [-0.15, -0.1) is 0 Å². The van der Waals surface area contributed by atoms with Gasteiger partial charge in [0.1, 0.15) is 0 Å². The summed E-state index contributed by atoms with van der Waals surface area (Å²) in [6.45, 7) is 3.75. The summed E-state index contributed by atoms with van der Waals surface area (Å²) in [4.78, 5) is 11.5. The van der Waals surface area contributed by atoms with Crippen LogP contribution in [-0.4, -0.2) is 23.7 Å². The topological polar surface area (TPSA) is 49.3 Å². The maximum absolute atomic E-state index is 13.3. The van der Waals surface area contributed by atoms with Crippen LogP contribution in [0.4, 0.5) is 8.78 Å². The number of hydrogen-bond donors (Lipinski definition) is 2. The molecular formula is C13H17F2NO2. The predicted molar refractivity (Wildman–Crippen MR) is 63.9 cm³/mol. The molecule has 1 aromatic rings. The van der Waals surface area contributed by atoms with Crippen molar-refractivity contribution in [1.82, 2.24) is 5.32 Å². The lowest BCUT2D eigenvalue weighted by Crippen LogP contribution is -2.35. The molecule has 0 aromatic heterocycles. The smallest absolute Gasteiger partial charge is 0.224 e. The molecule has 0 aliphatic rings. The van der Waals surface area contributed by atoms with Gasteiger partial charge in [-0.25, -0.2) is 8.78 Å². The van der Waals surface area contributed by atoms with E-state index in [0.29, 0.717) is 0 Å². The van der Waals surface area contributed by atoms with Crippen molar-refractivity contribution in [3.8, 4) is 0 Å². The Morgan fingerprint density at radius 3 is 2.67 bits per heavy atom. The fourth-order valence-electron chi connectivity index (χ4n) is 1.37. The van der Waals surface area contributed by atoms with Gasteiger partial charge < -0.3 is 10.4 Å². The van der Waals surface area contributed by atoms with Gasteiger partial charge >= 0.3 is 0 Å². The molecule has 0 saturated carbocycles. The highest BCUT2D eigenvalue weighted by atomic mass is 19.2. The van der Waals surface area contributed by atoms with E-state index in [9.17, 15) is 18.7 Å². The maximum atomic E-state index is 13.3. The SMILES string of the molecule is CC(C)C(O)CNC(=O)Cc1cccc(F)c1F. The van der Waals surface area contributed by atoms with Crippen LogP contribution >= 0.6 is 0 Å². The van der Waals surface area contributed by atoms with Crippen molar-refractivity contribution in [2.24, 2.45) is 5.92 Å². The first-order chi connectivity index (χ1) is 8.41. The molecule has 0 bridgehead atoms. The summed E-state index contributed by atoms with van der Waals surface area (Å²) in [7, 11) is 0. The molecular weight excluding hydrogens is 240 g/mol. The number of nitrogens with one attached hydrogen (secondary N) is 1. The zero-order valence-corrected chi connectivity index (χ0v) is 10.4. The third kappa shape index (κ3) is 4.07. The van der Waals surface area contributed by atoms with E-state index < -0.39 is 23.6 Å². The molecule has 1 rings (SSSR count). The van der Waals surface area contributed by atoms with Crippen LogP contribution in [0, 0.1) is 17.6 Å². The Bertz CT molecular complexity index is 421. The van der Waals surface area contributed by atoms with Crippen molar-refractivity contribution < 1.29 is 18.7 Å². The molecule has 1 aromatic carbocycles. The first kappa shape index (κ1) is 14.6. The van der Waals surface area contributed by atoms with Crippen molar-refractivity contribution in [1.29, 1.82) is 0 Å². The monoisotopic (exact) mass is 257 g/mol. The molecule has 2 N–H and O–H groups in total. The van der Waals surface area contributed by atoms with Gasteiger partial charge in [-0.2, -0.15) is 0 Å². The van der Waals surface area contributed by atoms with E-state index in [1.165, 1.54) is 12.1 Å². The Morgan fingerprint density at radius 2 is 2.06 bits per heavy atom. The van der Waals surface area contributed by atoms with E-state index in [-0.39, 0.29) is 24.4 Å². The average Bonchev–Trinajstić information content (AvgIpc) is 2.32. The van der Waals surface area contributed by atoms with E-state index in [1.54, 1.807) is 0 Å². The number of aliphatic hydroxyl groups is 1. The summed E-state index contributed by atoms with van der Waals surface area (Å²) >= 11 is 0. The van der Waals surface area contributed by atoms with Gasteiger partial charge in [0.2, 0.25) is 5.91 Å². The number of carbonyl (C=O) groups is 1. The van der Waals surface area contributed by atoms with E-state index >= 15 is 0 Å². The normalized spacial score (nSPS) is 12.6. The molecule has 18 heavy (non-hydrogen) atoms. The Kier molecular flexibility index (Phi) is 5.22. The molecule has 0 heterocycles. The molecule has 5 heteroatoms. The molecule has 0 fully saturated rings. The highest BCUT2D eigenvalue weighted by molar-refractivity contribution is 5.78. The summed E-state index contributed by atoms with van der Waals surface area (Å²) in [5, 5.41) is 12.0. The third-order valence-corrected chi connectivity index (χ3v) is 2.66. The van der Waals surface area contributed by atoms with Gasteiger partial charge in [0.05, 0.1) is 12.5 Å². The molecule has 3 nitrogen and oxygen atoms in total. The van der Waals surface area contributed by atoms with Crippen molar-refractivity contribution in [3.63, 3.8) is 0 Å². The summed E-state index contributed by atoms with van der Waals surface area (Å²) in [5.41, 5.74) is 0.00605. The highest BCUT2D eigenvalue weighted by Crippen LogP contribution is 2.11. The van der Waals surface area contributed by atoms with Crippen LogP contribution in [0.5, 0.6) is 0 Å². The summed E-state index contributed by atoms with van der Waals surface area (Å²) in [5.74, 6) is -2.39. The number of benzene rings is 1. The number of aliphatic hydroxyl groups excluding tert-OH is 1. The number of rotatable bonds is 5. The van der Waals surface area contributed by atoms with Crippen LogP contribution in [0.3, 0.4) is 0 Å². The molecule has 0 saturated heterocycles. The lowest BCUT2D eigenvalue weighted by Gasteiger charge is -2.15. The lowest BCUT2D eigenvalue weighted by molar-refractivity contribution is -0.121. The van der Waals surface area contributed by atoms with Crippen molar-refractivity contribution in [3.05, 3.63) is 35.4 Å². The molecule has 1 unspecified atom stereocenters. The zero-order valence-electron chi connectivity index (χ0n) is 10.4. The standard InChI is InChI=1S/C13H17F2NO2/c1-8(2)11(17)7-16-12(18)6-9-4-3-5-10(14)13(9)15/h3-5,8,11,17H,6-7H2,1-2H3,(H,16,18). The Morgan fingerprint density at radius 1 is 1.39 bits per heavy atom. The third-order valence-electron chi connectivity index (χ3n) is 2.66. The second-order valence-electron chi connectivity index (χ2n) is 4.51. The van der Waals surface area contributed by atoms with Gasteiger partial charge in [0, 0.05) is 12.1 Å². The van der Waals surface area contributed by atoms with E-state index in [1.807, 2.05) is 13.8 Å². The van der Waals surface area contributed by atoms with E-state index in [4.69, 9.17) is 0 Å². The minimum atomic E-state index is -1.00. The first-order valence-electron chi connectivity index (χ1n) is 5.79. The highest BCUT2D eigenvalue weighted by Gasteiger charge is 2.14. The van der Waals surface area contributed by atoms with Crippen LogP contribution in [0.1, 0.15) is 19.4 Å². The predicted octanol–water partition coefficient (Wildman–Crippen LogP) is 1.64. The quantitative estimate of drug-likeness (QED) is 0.842. The molecule has 0 radical (unpaired) electrons. The molecule has 100 valence electrons. The van der Waals surface area contributed by atoms with Crippen molar-refractivity contribution in [2.75, 3.05) is 6.54 Å². The van der Waals surface area contributed by atoms with Crippen LogP contribution in [0.15, 0.2) is 18.2 Å². The van der Waals surface area contributed by atoms with Gasteiger partial charge in [-0.1, -0.05) is 26.0 Å². The number of amides is 1. The second-order valence-corrected chi connectivity index (χ2v) is 4.51. The van der Waals surface area contributed by atoms with Crippen LogP contribution in [-0.2, 0) is 11.2 Å². The summed E-state index contributed by atoms with van der Waals surface area (Å²) in [6.07, 6.45) is -0.889. The van der Waals surface area contributed by atoms with Gasteiger partial charge in [0.15, 0.2) is 11.6 Å². The maximum Gasteiger partial charge on any atom is 0.224 e. The average molecular weight is 257 g/mol. The molecule has 0 aliphatic heterocycles.